The molecule has 0 aromatic heterocycles. The van der Waals surface area contributed by atoms with E-state index in [1.54, 1.807) is 25.1 Å². The SMILES string of the molecule is CCCNC(=O)C(C)OC(=O)c1ccc(OC)c(Br)c1. The van der Waals surface area contributed by atoms with Crippen LogP contribution in [0.1, 0.15) is 30.6 Å². The molecule has 1 amide bonds. The molecule has 1 aromatic carbocycles. The minimum atomic E-state index is -0.824. The van der Waals surface area contributed by atoms with Crippen molar-refractivity contribution in [3.05, 3.63) is 28.2 Å². The third-order valence-electron chi connectivity index (χ3n) is 2.59. The van der Waals surface area contributed by atoms with E-state index < -0.39 is 12.1 Å². The van der Waals surface area contributed by atoms with Crippen molar-refractivity contribution >= 4 is 27.8 Å². The summed E-state index contributed by atoms with van der Waals surface area (Å²) < 4.78 is 10.8. The normalized spacial score (nSPS) is 11.6. The molecule has 1 unspecified atom stereocenters. The third kappa shape index (κ3) is 4.52. The van der Waals surface area contributed by atoms with Gasteiger partial charge in [-0.3, -0.25) is 4.79 Å². The van der Waals surface area contributed by atoms with Gasteiger partial charge in [0.25, 0.3) is 5.91 Å². The summed E-state index contributed by atoms with van der Waals surface area (Å²) in [4.78, 5) is 23.5. The second-order valence-electron chi connectivity index (χ2n) is 4.19. The van der Waals surface area contributed by atoms with Crippen molar-refractivity contribution in [2.75, 3.05) is 13.7 Å². The molecule has 0 saturated carbocycles. The first-order valence-corrected chi connectivity index (χ1v) is 7.11. The van der Waals surface area contributed by atoms with Gasteiger partial charge in [-0.05, 0) is 47.5 Å². The van der Waals surface area contributed by atoms with Gasteiger partial charge in [0.1, 0.15) is 5.75 Å². The monoisotopic (exact) mass is 343 g/mol. The summed E-state index contributed by atoms with van der Waals surface area (Å²) in [6.07, 6.45) is 0.00704. The number of amides is 1. The smallest absolute Gasteiger partial charge is 0.338 e. The maximum atomic E-state index is 11.9. The van der Waals surface area contributed by atoms with Gasteiger partial charge in [0, 0.05) is 6.54 Å². The Morgan fingerprint density at radius 2 is 2.10 bits per heavy atom. The summed E-state index contributed by atoms with van der Waals surface area (Å²) in [5, 5.41) is 2.67. The molecule has 1 N–H and O–H groups in total. The van der Waals surface area contributed by atoms with E-state index in [0.29, 0.717) is 22.3 Å². The van der Waals surface area contributed by atoms with Gasteiger partial charge in [-0.25, -0.2) is 4.79 Å². The van der Waals surface area contributed by atoms with E-state index in [1.165, 1.54) is 7.11 Å². The fourth-order valence-electron chi connectivity index (χ4n) is 1.47. The van der Waals surface area contributed by atoms with Crippen LogP contribution in [0.3, 0.4) is 0 Å². The zero-order valence-electron chi connectivity index (χ0n) is 11.7. The van der Waals surface area contributed by atoms with Crippen molar-refractivity contribution in [3.8, 4) is 5.75 Å². The van der Waals surface area contributed by atoms with Gasteiger partial charge in [0.05, 0.1) is 17.1 Å². The number of hydrogen-bond acceptors (Lipinski definition) is 4. The maximum absolute atomic E-state index is 11.9. The highest BCUT2D eigenvalue weighted by Crippen LogP contribution is 2.25. The lowest BCUT2D eigenvalue weighted by molar-refractivity contribution is -0.129. The Bertz CT molecular complexity index is 490. The molecule has 110 valence electrons. The molecule has 0 heterocycles. The van der Waals surface area contributed by atoms with Gasteiger partial charge in [0.15, 0.2) is 6.10 Å². The van der Waals surface area contributed by atoms with Crippen molar-refractivity contribution in [3.63, 3.8) is 0 Å². The van der Waals surface area contributed by atoms with Crippen LogP contribution in [-0.2, 0) is 9.53 Å². The van der Waals surface area contributed by atoms with Crippen LogP contribution in [0.15, 0.2) is 22.7 Å². The fourth-order valence-corrected chi connectivity index (χ4v) is 2.01. The predicted molar refractivity (Wildman–Crippen MR) is 78.9 cm³/mol. The molecule has 6 heteroatoms. The molecule has 0 spiro atoms. The number of ether oxygens (including phenoxy) is 2. The maximum Gasteiger partial charge on any atom is 0.338 e. The van der Waals surface area contributed by atoms with Crippen LogP contribution in [0.4, 0.5) is 0 Å². The zero-order valence-corrected chi connectivity index (χ0v) is 13.3. The van der Waals surface area contributed by atoms with Crippen LogP contribution in [0.2, 0.25) is 0 Å². The standard InChI is InChI=1S/C14H18BrNO4/c1-4-7-16-13(17)9(2)20-14(18)10-5-6-12(19-3)11(15)8-10/h5-6,8-9H,4,7H2,1-3H3,(H,16,17). The summed E-state index contributed by atoms with van der Waals surface area (Å²) in [7, 11) is 1.54. The molecule has 0 fully saturated rings. The Morgan fingerprint density at radius 3 is 2.65 bits per heavy atom. The summed E-state index contributed by atoms with van der Waals surface area (Å²) in [6.45, 7) is 4.06. The number of hydrogen-bond donors (Lipinski definition) is 1. The van der Waals surface area contributed by atoms with Crippen LogP contribution < -0.4 is 10.1 Å². The van der Waals surface area contributed by atoms with Gasteiger partial charge >= 0.3 is 5.97 Å². The van der Waals surface area contributed by atoms with Gasteiger partial charge in [-0.2, -0.15) is 0 Å². The van der Waals surface area contributed by atoms with Crippen molar-refractivity contribution in [2.24, 2.45) is 0 Å². The molecule has 0 aliphatic carbocycles. The zero-order chi connectivity index (χ0) is 15.1. The molecule has 0 radical (unpaired) electrons. The summed E-state index contributed by atoms with van der Waals surface area (Å²) in [5.41, 5.74) is 0.354. The van der Waals surface area contributed by atoms with Gasteiger partial charge in [-0.1, -0.05) is 6.92 Å². The average Bonchev–Trinajstić information content (AvgIpc) is 2.44. The lowest BCUT2D eigenvalue weighted by atomic mass is 10.2. The van der Waals surface area contributed by atoms with E-state index in [2.05, 4.69) is 21.2 Å². The van der Waals surface area contributed by atoms with Gasteiger partial charge in [-0.15, -0.1) is 0 Å². The number of methoxy groups -OCH3 is 1. The lowest BCUT2D eigenvalue weighted by Crippen LogP contribution is -2.36. The summed E-state index contributed by atoms with van der Waals surface area (Å²) in [6, 6.07) is 4.84. The van der Waals surface area contributed by atoms with Gasteiger partial charge in [0.2, 0.25) is 0 Å². The number of carbonyl (C=O) groups excluding carboxylic acids is 2. The lowest BCUT2D eigenvalue weighted by Gasteiger charge is -2.13. The van der Waals surface area contributed by atoms with Crippen LogP contribution in [0, 0.1) is 0 Å². The number of carbonyl (C=O) groups is 2. The summed E-state index contributed by atoms with van der Waals surface area (Å²) >= 11 is 3.29. The average molecular weight is 344 g/mol. The van der Waals surface area contributed by atoms with Crippen LogP contribution >= 0.6 is 15.9 Å². The van der Waals surface area contributed by atoms with E-state index in [1.807, 2.05) is 6.92 Å². The van der Waals surface area contributed by atoms with Crippen molar-refractivity contribution in [1.29, 1.82) is 0 Å². The Labute approximate surface area is 126 Å². The first-order chi connectivity index (χ1) is 9.49. The highest BCUT2D eigenvalue weighted by Gasteiger charge is 2.19. The Balaban J connectivity index is 2.66. The van der Waals surface area contributed by atoms with E-state index >= 15 is 0 Å². The first kappa shape index (κ1) is 16.5. The fraction of sp³-hybridized carbons (Fsp3) is 0.429. The second-order valence-corrected chi connectivity index (χ2v) is 5.04. The number of halogens is 1. The molecule has 1 atom stereocenters. The number of nitrogens with one attached hydrogen (secondary N) is 1. The van der Waals surface area contributed by atoms with Crippen LogP contribution in [-0.4, -0.2) is 31.6 Å². The minimum absolute atomic E-state index is 0.298. The molecule has 1 aromatic rings. The van der Waals surface area contributed by atoms with E-state index in [4.69, 9.17) is 9.47 Å². The quantitative estimate of drug-likeness (QED) is 0.806. The molecule has 0 bridgehead atoms. The van der Waals surface area contributed by atoms with Crippen LogP contribution in [0.5, 0.6) is 5.75 Å². The largest absolute Gasteiger partial charge is 0.496 e. The molecule has 0 aliphatic rings. The highest BCUT2D eigenvalue weighted by molar-refractivity contribution is 9.10. The van der Waals surface area contributed by atoms with E-state index in [0.717, 1.165) is 6.42 Å². The number of benzene rings is 1. The molecule has 1 rings (SSSR count). The topological polar surface area (TPSA) is 64.6 Å². The van der Waals surface area contributed by atoms with Crippen LogP contribution in [0.25, 0.3) is 0 Å². The second kappa shape index (κ2) is 7.89. The Kier molecular flexibility index (Phi) is 6.51. The predicted octanol–water partition coefficient (Wildman–Crippen LogP) is 2.53. The molecule has 0 aliphatic heterocycles. The molecule has 5 nitrogen and oxygen atoms in total. The Hall–Kier alpha value is -1.56. The molecular weight excluding hydrogens is 326 g/mol. The number of rotatable bonds is 6. The molecular formula is C14H18BrNO4. The minimum Gasteiger partial charge on any atom is -0.496 e. The van der Waals surface area contributed by atoms with E-state index in [-0.39, 0.29) is 5.91 Å². The van der Waals surface area contributed by atoms with Gasteiger partial charge < -0.3 is 14.8 Å². The molecule has 20 heavy (non-hydrogen) atoms. The van der Waals surface area contributed by atoms with Crippen molar-refractivity contribution in [1.82, 2.24) is 5.32 Å². The van der Waals surface area contributed by atoms with E-state index in [9.17, 15) is 9.59 Å². The Morgan fingerprint density at radius 1 is 1.40 bits per heavy atom. The number of esters is 1. The molecule has 0 saturated heterocycles. The highest BCUT2D eigenvalue weighted by atomic mass is 79.9. The summed E-state index contributed by atoms with van der Waals surface area (Å²) in [5.74, 6) is -0.226. The first-order valence-electron chi connectivity index (χ1n) is 6.31. The third-order valence-corrected chi connectivity index (χ3v) is 3.21. The van der Waals surface area contributed by atoms with Crippen molar-refractivity contribution in [2.45, 2.75) is 26.4 Å². The van der Waals surface area contributed by atoms with Crippen molar-refractivity contribution < 1.29 is 19.1 Å².